The molecule has 0 saturated carbocycles. The van der Waals surface area contributed by atoms with Crippen LogP contribution < -0.4 is 19.8 Å². The number of rotatable bonds is 4. The SMILES string of the molecule is COc1cc2c(cc1CN1CCC(c3cc(=O)[nH]c(C)n3)C1)OCO2. The number of aromatic amines is 1. The van der Waals surface area contributed by atoms with Gasteiger partial charge in [0.15, 0.2) is 11.5 Å². The summed E-state index contributed by atoms with van der Waals surface area (Å²) in [7, 11) is 1.66. The number of benzene rings is 1. The molecule has 7 nitrogen and oxygen atoms in total. The van der Waals surface area contributed by atoms with E-state index in [1.165, 1.54) is 0 Å². The Morgan fingerprint density at radius 2 is 2.12 bits per heavy atom. The van der Waals surface area contributed by atoms with Crippen molar-refractivity contribution >= 4 is 0 Å². The van der Waals surface area contributed by atoms with Gasteiger partial charge < -0.3 is 19.2 Å². The number of hydrogen-bond acceptors (Lipinski definition) is 6. The molecule has 2 aliphatic rings. The van der Waals surface area contributed by atoms with E-state index in [4.69, 9.17) is 14.2 Å². The third-order valence-corrected chi connectivity index (χ3v) is 4.74. The highest BCUT2D eigenvalue weighted by Gasteiger charge is 2.27. The van der Waals surface area contributed by atoms with Crippen molar-refractivity contribution in [2.45, 2.75) is 25.8 Å². The molecule has 1 aromatic carbocycles. The first-order chi connectivity index (χ1) is 12.1. The van der Waals surface area contributed by atoms with Crippen LogP contribution in [-0.4, -0.2) is 41.9 Å². The lowest BCUT2D eigenvalue weighted by atomic mass is 10.0. The molecule has 1 fully saturated rings. The molecule has 1 saturated heterocycles. The number of ether oxygens (including phenoxy) is 3. The standard InChI is InChI=1S/C18H21N3O4/c1-11-19-14(6-18(22)20-11)12-3-4-21(8-12)9-13-5-16-17(25-10-24-16)7-15(13)23-2/h5-7,12H,3-4,8-10H2,1-2H3,(H,19,20,22). The van der Waals surface area contributed by atoms with Crippen LogP contribution in [0.15, 0.2) is 23.0 Å². The summed E-state index contributed by atoms with van der Waals surface area (Å²) in [6.07, 6.45) is 0.989. The molecule has 1 aromatic heterocycles. The lowest BCUT2D eigenvalue weighted by molar-refractivity contribution is 0.174. The van der Waals surface area contributed by atoms with Gasteiger partial charge in [-0.15, -0.1) is 0 Å². The fourth-order valence-electron chi connectivity index (χ4n) is 3.55. The first kappa shape index (κ1) is 16.0. The van der Waals surface area contributed by atoms with Crippen LogP contribution >= 0.6 is 0 Å². The molecule has 1 N–H and O–H groups in total. The minimum atomic E-state index is -0.0848. The minimum absolute atomic E-state index is 0.0848. The zero-order valence-corrected chi connectivity index (χ0v) is 14.4. The average molecular weight is 343 g/mol. The van der Waals surface area contributed by atoms with E-state index in [1.54, 1.807) is 13.2 Å². The Balaban J connectivity index is 1.50. The number of nitrogens with zero attached hydrogens (tertiary/aromatic N) is 2. The fourth-order valence-corrected chi connectivity index (χ4v) is 3.55. The zero-order valence-electron chi connectivity index (χ0n) is 14.4. The summed E-state index contributed by atoms with van der Waals surface area (Å²) in [6.45, 7) is 4.65. The Kier molecular flexibility index (Phi) is 4.09. The molecular weight excluding hydrogens is 322 g/mol. The van der Waals surface area contributed by atoms with E-state index in [1.807, 2.05) is 19.1 Å². The molecule has 2 aliphatic heterocycles. The van der Waals surface area contributed by atoms with Crippen molar-refractivity contribution in [1.82, 2.24) is 14.9 Å². The van der Waals surface area contributed by atoms with Crippen LogP contribution in [0.25, 0.3) is 0 Å². The summed E-state index contributed by atoms with van der Waals surface area (Å²) in [4.78, 5) is 21.2. The van der Waals surface area contributed by atoms with Gasteiger partial charge in [0.25, 0.3) is 5.56 Å². The Labute approximate surface area is 145 Å². The first-order valence-corrected chi connectivity index (χ1v) is 8.39. The molecule has 0 bridgehead atoms. The van der Waals surface area contributed by atoms with Crippen LogP contribution in [0.2, 0.25) is 0 Å². The number of fused-ring (bicyclic) bond motifs is 1. The Morgan fingerprint density at radius 3 is 2.88 bits per heavy atom. The lowest BCUT2D eigenvalue weighted by Gasteiger charge is -2.18. The van der Waals surface area contributed by atoms with Gasteiger partial charge in [-0.25, -0.2) is 4.98 Å². The minimum Gasteiger partial charge on any atom is -0.496 e. The predicted molar refractivity (Wildman–Crippen MR) is 91.3 cm³/mol. The molecule has 4 rings (SSSR count). The molecule has 3 heterocycles. The molecule has 1 unspecified atom stereocenters. The summed E-state index contributed by atoms with van der Waals surface area (Å²) < 4.78 is 16.4. The number of methoxy groups -OCH3 is 1. The topological polar surface area (TPSA) is 76.7 Å². The van der Waals surface area contributed by atoms with Gasteiger partial charge in [0.05, 0.1) is 12.8 Å². The Bertz CT molecular complexity index is 849. The second-order valence-corrected chi connectivity index (χ2v) is 6.49. The number of aromatic nitrogens is 2. The van der Waals surface area contributed by atoms with Gasteiger partial charge in [-0.3, -0.25) is 9.69 Å². The maximum absolute atomic E-state index is 11.7. The monoisotopic (exact) mass is 343 g/mol. The van der Waals surface area contributed by atoms with Crippen molar-refractivity contribution in [3.05, 3.63) is 45.6 Å². The van der Waals surface area contributed by atoms with E-state index in [2.05, 4.69) is 14.9 Å². The van der Waals surface area contributed by atoms with Crippen molar-refractivity contribution < 1.29 is 14.2 Å². The van der Waals surface area contributed by atoms with Crippen molar-refractivity contribution in [2.24, 2.45) is 0 Å². The van der Waals surface area contributed by atoms with Crippen molar-refractivity contribution in [1.29, 1.82) is 0 Å². The maximum atomic E-state index is 11.7. The molecule has 2 aromatic rings. The van der Waals surface area contributed by atoms with Crippen LogP contribution in [0.1, 0.15) is 29.4 Å². The van der Waals surface area contributed by atoms with Crippen LogP contribution in [-0.2, 0) is 6.54 Å². The Hall–Kier alpha value is -2.54. The van der Waals surface area contributed by atoms with E-state index < -0.39 is 0 Å². The van der Waals surface area contributed by atoms with Crippen molar-refractivity contribution in [3.63, 3.8) is 0 Å². The van der Waals surface area contributed by atoms with Crippen LogP contribution in [0, 0.1) is 6.92 Å². The molecule has 0 amide bonds. The van der Waals surface area contributed by atoms with Crippen molar-refractivity contribution in [3.8, 4) is 17.2 Å². The molecule has 25 heavy (non-hydrogen) atoms. The summed E-state index contributed by atoms with van der Waals surface area (Å²) in [5.74, 6) is 3.23. The van der Waals surface area contributed by atoms with Crippen LogP contribution in [0.3, 0.4) is 0 Å². The Morgan fingerprint density at radius 1 is 1.32 bits per heavy atom. The molecule has 1 atom stereocenters. The third kappa shape index (κ3) is 3.19. The predicted octanol–water partition coefficient (Wildman–Crippen LogP) is 1.81. The van der Waals surface area contributed by atoms with Gasteiger partial charge in [0.1, 0.15) is 11.6 Å². The fraction of sp³-hybridized carbons (Fsp3) is 0.444. The normalized spacial score (nSPS) is 19.4. The largest absolute Gasteiger partial charge is 0.496 e. The number of aryl methyl sites for hydroxylation is 1. The van der Waals surface area contributed by atoms with Gasteiger partial charge in [-0.2, -0.15) is 0 Å². The highest BCUT2D eigenvalue weighted by Crippen LogP contribution is 2.39. The lowest BCUT2D eigenvalue weighted by Crippen LogP contribution is -2.21. The second kappa shape index (κ2) is 6.40. The van der Waals surface area contributed by atoms with E-state index in [-0.39, 0.29) is 18.3 Å². The smallest absolute Gasteiger partial charge is 0.251 e. The van der Waals surface area contributed by atoms with Gasteiger partial charge in [0, 0.05) is 36.7 Å². The van der Waals surface area contributed by atoms with E-state index in [0.717, 1.165) is 54.6 Å². The molecular formula is C18H21N3O4. The highest BCUT2D eigenvalue weighted by molar-refractivity contribution is 5.51. The number of likely N-dealkylation sites (tertiary alicyclic amines) is 1. The molecule has 7 heteroatoms. The summed E-state index contributed by atoms with van der Waals surface area (Å²) in [5, 5.41) is 0. The maximum Gasteiger partial charge on any atom is 0.251 e. The van der Waals surface area contributed by atoms with Crippen molar-refractivity contribution in [2.75, 3.05) is 27.0 Å². The van der Waals surface area contributed by atoms with E-state index in [0.29, 0.717) is 5.82 Å². The van der Waals surface area contributed by atoms with Gasteiger partial charge in [0.2, 0.25) is 6.79 Å². The highest BCUT2D eigenvalue weighted by atomic mass is 16.7. The quantitative estimate of drug-likeness (QED) is 0.912. The summed E-state index contributed by atoms with van der Waals surface area (Å²) in [6, 6.07) is 5.49. The van der Waals surface area contributed by atoms with E-state index in [9.17, 15) is 4.79 Å². The molecule has 0 aliphatic carbocycles. The van der Waals surface area contributed by atoms with Crippen LogP contribution in [0.5, 0.6) is 17.2 Å². The number of nitrogens with one attached hydrogen (secondary N) is 1. The first-order valence-electron chi connectivity index (χ1n) is 8.39. The van der Waals surface area contributed by atoms with Gasteiger partial charge in [-0.05, 0) is 26.0 Å². The molecule has 0 spiro atoms. The van der Waals surface area contributed by atoms with Gasteiger partial charge >= 0.3 is 0 Å². The number of H-pyrrole nitrogens is 1. The zero-order chi connectivity index (χ0) is 17.4. The molecule has 0 radical (unpaired) electrons. The summed E-state index contributed by atoms with van der Waals surface area (Å²) >= 11 is 0. The third-order valence-electron chi connectivity index (χ3n) is 4.74. The second-order valence-electron chi connectivity index (χ2n) is 6.49. The number of hydrogen-bond donors (Lipinski definition) is 1. The van der Waals surface area contributed by atoms with Gasteiger partial charge in [-0.1, -0.05) is 0 Å². The molecule has 132 valence electrons. The van der Waals surface area contributed by atoms with Crippen LogP contribution in [0.4, 0.5) is 0 Å². The summed E-state index contributed by atoms with van der Waals surface area (Å²) in [5.41, 5.74) is 1.86. The average Bonchev–Trinajstić information content (AvgIpc) is 3.22. The van der Waals surface area contributed by atoms with E-state index >= 15 is 0 Å².